The highest BCUT2D eigenvalue weighted by Gasteiger charge is 2.13. The third-order valence-electron chi connectivity index (χ3n) is 2.60. The molecule has 94 valence electrons. The summed E-state index contributed by atoms with van der Waals surface area (Å²) in [7, 11) is 0. The second-order valence-corrected chi connectivity index (χ2v) is 4.70. The normalized spacial score (nSPS) is 20.5. The van der Waals surface area contributed by atoms with Crippen LogP contribution in [0.15, 0.2) is 18.2 Å². The molecule has 5 heteroatoms. The van der Waals surface area contributed by atoms with Gasteiger partial charge in [-0.1, -0.05) is 35.3 Å². The Labute approximate surface area is 111 Å². The van der Waals surface area contributed by atoms with Gasteiger partial charge >= 0.3 is 0 Å². The van der Waals surface area contributed by atoms with E-state index in [1.807, 2.05) is 12.1 Å². The Bertz CT molecular complexity index is 368. The van der Waals surface area contributed by atoms with Gasteiger partial charge in [-0.05, 0) is 11.6 Å². The molecule has 1 unspecified atom stereocenters. The molecule has 0 saturated carbocycles. The summed E-state index contributed by atoms with van der Waals surface area (Å²) in [6.45, 7) is 3.44. The molecule has 0 aromatic heterocycles. The maximum Gasteiger partial charge on any atom is 0.0933 e. The Balaban J connectivity index is 1.79. The van der Waals surface area contributed by atoms with Crippen LogP contribution in [0.4, 0.5) is 0 Å². The Morgan fingerprint density at radius 1 is 1.29 bits per heavy atom. The van der Waals surface area contributed by atoms with Crippen molar-refractivity contribution in [2.24, 2.45) is 0 Å². The van der Waals surface area contributed by atoms with Gasteiger partial charge in [0.1, 0.15) is 0 Å². The molecule has 1 N–H and O–H groups in total. The first-order valence-corrected chi connectivity index (χ1v) is 6.36. The van der Waals surface area contributed by atoms with Crippen molar-refractivity contribution in [2.45, 2.75) is 12.6 Å². The highest BCUT2D eigenvalue weighted by atomic mass is 35.5. The summed E-state index contributed by atoms with van der Waals surface area (Å²) in [6.07, 6.45) is 0.127. The van der Waals surface area contributed by atoms with Crippen LogP contribution in [0.2, 0.25) is 10.0 Å². The van der Waals surface area contributed by atoms with Gasteiger partial charge in [-0.3, -0.25) is 0 Å². The van der Waals surface area contributed by atoms with Crippen molar-refractivity contribution < 1.29 is 9.47 Å². The number of rotatable bonds is 4. The fourth-order valence-electron chi connectivity index (χ4n) is 1.71. The summed E-state index contributed by atoms with van der Waals surface area (Å²) >= 11 is 12.0. The first-order chi connectivity index (χ1) is 8.27. The van der Waals surface area contributed by atoms with E-state index >= 15 is 0 Å². The first kappa shape index (κ1) is 13.1. The molecular formula is C12H15Cl2NO2. The van der Waals surface area contributed by atoms with Gasteiger partial charge in [0.25, 0.3) is 0 Å². The highest BCUT2D eigenvalue weighted by Crippen LogP contribution is 2.25. The van der Waals surface area contributed by atoms with Gasteiger partial charge in [0.2, 0.25) is 0 Å². The van der Waals surface area contributed by atoms with Crippen LogP contribution >= 0.6 is 23.2 Å². The lowest BCUT2D eigenvalue weighted by Crippen LogP contribution is -2.37. The molecule has 0 aliphatic carbocycles. The number of hydrogen-bond acceptors (Lipinski definition) is 3. The van der Waals surface area contributed by atoms with Gasteiger partial charge in [-0.25, -0.2) is 0 Å². The lowest BCUT2D eigenvalue weighted by Gasteiger charge is -2.23. The predicted molar refractivity (Wildman–Crippen MR) is 68.7 cm³/mol. The maximum absolute atomic E-state index is 6.09. The van der Waals surface area contributed by atoms with Gasteiger partial charge in [-0.2, -0.15) is 0 Å². The van der Waals surface area contributed by atoms with E-state index in [4.69, 9.17) is 32.7 Å². The number of ether oxygens (including phenoxy) is 2. The molecule has 0 radical (unpaired) electrons. The van der Waals surface area contributed by atoms with Crippen molar-refractivity contribution in [3.8, 4) is 0 Å². The molecule has 3 nitrogen and oxygen atoms in total. The molecule has 17 heavy (non-hydrogen) atoms. The van der Waals surface area contributed by atoms with Gasteiger partial charge < -0.3 is 14.8 Å². The molecule has 0 amide bonds. The molecule has 1 heterocycles. The molecule has 0 spiro atoms. The number of nitrogens with one attached hydrogen (secondary N) is 1. The highest BCUT2D eigenvalue weighted by molar-refractivity contribution is 6.42. The van der Waals surface area contributed by atoms with E-state index in [-0.39, 0.29) is 6.10 Å². The largest absolute Gasteiger partial charge is 0.376 e. The quantitative estimate of drug-likeness (QED) is 0.916. The molecule has 0 bridgehead atoms. The average molecular weight is 276 g/mol. The predicted octanol–water partition coefficient (Wildman–Crippen LogP) is 2.50. The van der Waals surface area contributed by atoms with Crippen LogP contribution in [-0.4, -0.2) is 32.5 Å². The zero-order valence-corrected chi connectivity index (χ0v) is 10.9. The molecule has 1 aromatic carbocycles. The van der Waals surface area contributed by atoms with Crippen molar-refractivity contribution in [3.63, 3.8) is 0 Å². The molecule has 1 aromatic rings. The van der Waals surface area contributed by atoms with Gasteiger partial charge in [0.05, 0.1) is 36.0 Å². The van der Waals surface area contributed by atoms with E-state index in [0.29, 0.717) is 36.4 Å². The van der Waals surface area contributed by atoms with E-state index in [9.17, 15) is 0 Å². The van der Waals surface area contributed by atoms with E-state index in [1.54, 1.807) is 6.07 Å². The third-order valence-corrected chi connectivity index (χ3v) is 3.46. The number of halogens is 2. The number of benzene rings is 1. The van der Waals surface area contributed by atoms with E-state index in [2.05, 4.69) is 5.32 Å². The summed E-state index contributed by atoms with van der Waals surface area (Å²) in [5.41, 5.74) is 0.996. The van der Waals surface area contributed by atoms with E-state index < -0.39 is 0 Å². The van der Waals surface area contributed by atoms with Gasteiger partial charge in [0.15, 0.2) is 0 Å². The topological polar surface area (TPSA) is 30.5 Å². The van der Waals surface area contributed by atoms with Crippen LogP contribution in [0.5, 0.6) is 0 Å². The van der Waals surface area contributed by atoms with Crippen molar-refractivity contribution in [1.29, 1.82) is 0 Å². The lowest BCUT2D eigenvalue weighted by molar-refractivity contribution is -0.0864. The van der Waals surface area contributed by atoms with Crippen molar-refractivity contribution in [1.82, 2.24) is 5.32 Å². The van der Waals surface area contributed by atoms with Crippen molar-refractivity contribution >= 4 is 23.2 Å². The second kappa shape index (κ2) is 6.57. The average Bonchev–Trinajstić information content (AvgIpc) is 2.36. The van der Waals surface area contributed by atoms with Gasteiger partial charge in [-0.15, -0.1) is 0 Å². The second-order valence-electron chi connectivity index (χ2n) is 3.91. The first-order valence-electron chi connectivity index (χ1n) is 5.60. The minimum Gasteiger partial charge on any atom is -0.376 e. The minimum absolute atomic E-state index is 0.127. The molecule has 1 aliphatic heterocycles. The molecule has 1 fully saturated rings. The Hall–Kier alpha value is -0.320. The van der Waals surface area contributed by atoms with Crippen LogP contribution in [0.3, 0.4) is 0 Å². The third kappa shape index (κ3) is 3.83. The Morgan fingerprint density at radius 3 is 2.94 bits per heavy atom. The molecule has 2 rings (SSSR count). The van der Waals surface area contributed by atoms with Crippen molar-refractivity contribution in [2.75, 3.05) is 26.4 Å². The fourth-order valence-corrected chi connectivity index (χ4v) is 2.09. The van der Waals surface area contributed by atoms with E-state index in [0.717, 1.165) is 12.1 Å². The summed E-state index contributed by atoms with van der Waals surface area (Å²) in [4.78, 5) is 0. The molecule has 1 aliphatic rings. The summed E-state index contributed by atoms with van der Waals surface area (Å²) in [6, 6.07) is 5.64. The van der Waals surface area contributed by atoms with Crippen LogP contribution in [0.25, 0.3) is 0 Å². The van der Waals surface area contributed by atoms with Crippen LogP contribution in [-0.2, 0) is 16.0 Å². The van der Waals surface area contributed by atoms with Crippen molar-refractivity contribution in [3.05, 3.63) is 33.8 Å². The smallest absolute Gasteiger partial charge is 0.0933 e. The lowest BCUT2D eigenvalue weighted by atomic mass is 10.2. The zero-order valence-electron chi connectivity index (χ0n) is 9.42. The Kier molecular flexibility index (Phi) is 5.07. The maximum atomic E-state index is 6.09. The Morgan fingerprint density at radius 2 is 2.18 bits per heavy atom. The standard InChI is InChI=1S/C12H15Cl2NO2/c13-11-3-1-2-9(12(11)14)6-15-7-10-8-16-4-5-17-10/h1-3,10,15H,4-8H2. The SMILES string of the molecule is Clc1cccc(CNCC2COCCO2)c1Cl. The van der Waals surface area contributed by atoms with Crippen LogP contribution in [0.1, 0.15) is 5.56 Å². The fraction of sp³-hybridized carbons (Fsp3) is 0.500. The summed E-state index contributed by atoms with van der Waals surface area (Å²) in [5, 5.41) is 4.49. The number of hydrogen-bond donors (Lipinski definition) is 1. The van der Waals surface area contributed by atoms with E-state index in [1.165, 1.54) is 0 Å². The van der Waals surface area contributed by atoms with Gasteiger partial charge in [0, 0.05) is 13.1 Å². The zero-order chi connectivity index (χ0) is 12.1. The summed E-state index contributed by atoms with van der Waals surface area (Å²) in [5.74, 6) is 0. The summed E-state index contributed by atoms with van der Waals surface area (Å²) < 4.78 is 10.8. The molecule has 1 saturated heterocycles. The van der Waals surface area contributed by atoms with Crippen LogP contribution < -0.4 is 5.32 Å². The minimum atomic E-state index is 0.127. The molecular weight excluding hydrogens is 261 g/mol. The monoisotopic (exact) mass is 275 g/mol. The molecule has 1 atom stereocenters. The van der Waals surface area contributed by atoms with Crippen LogP contribution in [0, 0.1) is 0 Å².